The fourth-order valence-corrected chi connectivity index (χ4v) is 2.25. The molecule has 3 heteroatoms. The van der Waals surface area contributed by atoms with E-state index < -0.39 is 5.97 Å². The molecule has 0 aromatic carbocycles. The van der Waals surface area contributed by atoms with Crippen LogP contribution in [0.1, 0.15) is 40.0 Å². The average Bonchev–Trinajstić information content (AvgIpc) is 2.75. The first-order valence-electron chi connectivity index (χ1n) is 5.83. The molecular weight excluding hydrogens is 204 g/mol. The first-order chi connectivity index (χ1) is 7.45. The summed E-state index contributed by atoms with van der Waals surface area (Å²) in [4.78, 5) is 21.8. The molecule has 0 saturated heterocycles. The maximum Gasteiger partial charge on any atom is 0.307 e. The second-order valence-corrected chi connectivity index (χ2v) is 5.13. The number of carbonyl (C=O) groups excluding carboxylic acids is 1. The largest absolute Gasteiger partial charge is 0.481 e. The van der Waals surface area contributed by atoms with Gasteiger partial charge in [-0.25, -0.2) is 0 Å². The topological polar surface area (TPSA) is 54.4 Å². The Morgan fingerprint density at radius 2 is 2.06 bits per heavy atom. The van der Waals surface area contributed by atoms with Crippen molar-refractivity contribution in [2.24, 2.45) is 17.3 Å². The van der Waals surface area contributed by atoms with Crippen LogP contribution in [-0.4, -0.2) is 17.4 Å². The predicted octanol–water partition coefficient (Wildman–Crippen LogP) is 2.66. The Balaban J connectivity index is 2.69. The molecule has 0 amide bonds. The Kier molecular flexibility index (Phi) is 3.89. The van der Waals surface area contributed by atoms with Gasteiger partial charge in [0.05, 0.1) is 5.92 Å². The van der Waals surface area contributed by atoms with Gasteiger partial charge in [0.15, 0.2) is 0 Å². The van der Waals surface area contributed by atoms with Gasteiger partial charge in [0.25, 0.3) is 0 Å². The lowest BCUT2D eigenvalue weighted by atomic mass is 10.0. The number of allylic oxidation sites excluding steroid dienone is 2. The Bertz CT molecular complexity index is 315. The van der Waals surface area contributed by atoms with Crippen LogP contribution in [0, 0.1) is 17.3 Å². The minimum absolute atomic E-state index is 0.0158. The zero-order valence-electron chi connectivity index (χ0n) is 10.2. The number of carbonyl (C=O) groups is 2. The monoisotopic (exact) mass is 224 g/mol. The number of carboxylic acid groups (broad SMARTS) is 1. The molecule has 16 heavy (non-hydrogen) atoms. The Labute approximate surface area is 96.5 Å². The van der Waals surface area contributed by atoms with Crippen LogP contribution < -0.4 is 0 Å². The van der Waals surface area contributed by atoms with Crippen molar-refractivity contribution in [1.29, 1.82) is 0 Å². The Hall–Kier alpha value is -1.12. The lowest BCUT2D eigenvalue weighted by Crippen LogP contribution is -2.03. The number of aldehydes is 1. The first-order valence-corrected chi connectivity index (χ1v) is 5.83. The normalized spacial score (nSPS) is 27.6. The molecule has 0 aromatic heterocycles. The van der Waals surface area contributed by atoms with Gasteiger partial charge in [0.1, 0.15) is 6.29 Å². The van der Waals surface area contributed by atoms with Crippen molar-refractivity contribution in [2.45, 2.75) is 40.0 Å². The van der Waals surface area contributed by atoms with E-state index in [2.05, 4.69) is 6.92 Å². The van der Waals surface area contributed by atoms with Crippen LogP contribution in [0.3, 0.4) is 0 Å². The Morgan fingerprint density at radius 1 is 1.44 bits per heavy atom. The molecule has 2 unspecified atom stereocenters. The summed E-state index contributed by atoms with van der Waals surface area (Å²) in [6.45, 7) is 5.95. The molecule has 1 fully saturated rings. The molecular formula is C13H20O3. The van der Waals surface area contributed by atoms with E-state index in [1.807, 2.05) is 19.9 Å². The molecule has 0 aromatic rings. The highest BCUT2D eigenvalue weighted by Gasteiger charge is 2.60. The third-order valence-corrected chi connectivity index (χ3v) is 3.54. The molecule has 90 valence electrons. The van der Waals surface area contributed by atoms with E-state index >= 15 is 0 Å². The number of unbranched alkanes of at least 4 members (excludes halogenated alkanes) is 1. The molecule has 1 aliphatic rings. The maximum absolute atomic E-state index is 11.0. The number of rotatable bonds is 6. The highest BCUT2D eigenvalue weighted by molar-refractivity contribution is 5.78. The molecule has 1 saturated carbocycles. The van der Waals surface area contributed by atoms with Gasteiger partial charge in [0.2, 0.25) is 0 Å². The van der Waals surface area contributed by atoms with E-state index in [9.17, 15) is 9.59 Å². The van der Waals surface area contributed by atoms with Crippen LogP contribution >= 0.6 is 0 Å². The molecule has 0 aliphatic heterocycles. The van der Waals surface area contributed by atoms with Crippen molar-refractivity contribution in [3.8, 4) is 0 Å². The van der Waals surface area contributed by atoms with Crippen molar-refractivity contribution >= 4 is 12.3 Å². The van der Waals surface area contributed by atoms with Crippen molar-refractivity contribution in [1.82, 2.24) is 0 Å². The standard InChI is InChI=1S/C13H20O3/c1-4-5-6-9(8-14)7-10-11(12(15)16)13(10,2)3/h7-8,10-11H,4-6H2,1-3H3,(H,15,16)/b9-7-. The lowest BCUT2D eigenvalue weighted by Gasteiger charge is -2.00. The summed E-state index contributed by atoms with van der Waals surface area (Å²) >= 11 is 0. The molecule has 0 bridgehead atoms. The summed E-state index contributed by atoms with van der Waals surface area (Å²) in [5, 5.41) is 9.00. The molecule has 1 rings (SSSR count). The fourth-order valence-electron chi connectivity index (χ4n) is 2.25. The van der Waals surface area contributed by atoms with E-state index in [4.69, 9.17) is 5.11 Å². The third kappa shape index (κ3) is 2.52. The van der Waals surface area contributed by atoms with Gasteiger partial charge in [-0.1, -0.05) is 33.3 Å². The molecule has 0 heterocycles. The maximum atomic E-state index is 11.0. The van der Waals surface area contributed by atoms with E-state index in [1.54, 1.807) is 0 Å². The van der Waals surface area contributed by atoms with Crippen molar-refractivity contribution < 1.29 is 14.7 Å². The second kappa shape index (κ2) is 4.81. The summed E-state index contributed by atoms with van der Waals surface area (Å²) in [5.74, 6) is -1.07. The number of hydrogen-bond acceptors (Lipinski definition) is 2. The van der Waals surface area contributed by atoms with Crippen LogP contribution in [-0.2, 0) is 9.59 Å². The summed E-state index contributed by atoms with van der Waals surface area (Å²) in [6, 6.07) is 0. The van der Waals surface area contributed by atoms with E-state index in [-0.39, 0.29) is 17.3 Å². The minimum Gasteiger partial charge on any atom is -0.481 e. The van der Waals surface area contributed by atoms with Crippen LogP contribution in [0.2, 0.25) is 0 Å². The van der Waals surface area contributed by atoms with Crippen LogP contribution in [0.25, 0.3) is 0 Å². The molecule has 0 spiro atoms. The lowest BCUT2D eigenvalue weighted by molar-refractivity contribution is -0.139. The van der Waals surface area contributed by atoms with Gasteiger partial charge in [-0.05, 0) is 29.7 Å². The summed E-state index contributed by atoms with van der Waals surface area (Å²) in [6.07, 6.45) is 5.51. The zero-order chi connectivity index (χ0) is 12.3. The van der Waals surface area contributed by atoms with Crippen molar-refractivity contribution in [2.75, 3.05) is 0 Å². The summed E-state index contributed by atoms with van der Waals surface area (Å²) in [5.41, 5.74) is 0.551. The van der Waals surface area contributed by atoms with E-state index in [0.717, 1.165) is 31.1 Å². The number of aliphatic carboxylic acids is 1. The van der Waals surface area contributed by atoms with Gasteiger partial charge in [0, 0.05) is 0 Å². The molecule has 0 radical (unpaired) electrons. The first kappa shape index (κ1) is 12.9. The van der Waals surface area contributed by atoms with E-state index in [0.29, 0.717) is 0 Å². The third-order valence-electron chi connectivity index (χ3n) is 3.54. The highest BCUT2D eigenvalue weighted by Crippen LogP contribution is 2.59. The smallest absolute Gasteiger partial charge is 0.307 e. The quantitative estimate of drug-likeness (QED) is 0.557. The minimum atomic E-state index is -0.757. The van der Waals surface area contributed by atoms with Gasteiger partial charge < -0.3 is 5.11 Å². The van der Waals surface area contributed by atoms with Gasteiger partial charge in [-0.2, -0.15) is 0 Å². The van der Waals surface area contributed by atoms with Gasteiger partial charge in [-0.15, -0.1) is 0 Å². The summed E-state index contributed by atoms with van der Waals surface area (Å²) < 4.78 is 0. The highest BCUT2D eigenvalue weighted by atomic mass is 16.4. The summed E-state index contributed by atoms with van der Waals surface area (Å²) in [7, 11) is 0. The predicted molar refractivity (Wildman–Crippen MR) is 62.1 cm³/mol. The van der Waals surface area contributed by atoms with E-state index in [1.165, 1.54) is 0 Å². The van der Waals surface area contributed by atoms with Crippen molar-refractivity contribution in [3.63, 3.8) is 0 Å². The molecule has 1 aliphatic carbocycles. The van der Waals surface area contributed by atoms with Gasteiger partial charge >= 0.3 is 5.97 Å². The zero-order valence-corrected chi connectivity index (χ0v) is 10.2. The molecule has 1 N–H and O–H groups in total. The van der Waals surface area contributed by atoms with Crippen LogP contribution in [0.4, 0.5) is 0 Å². The Morgan fingerprint density at radius 3 is 2.44 bits per heavy atom. The van der Waals surface area contributed by atoms with Crippen LogP contribution in [0.15, 0.2) is 11.6 Å². The fraction of sp³-hybridized carbons (Fsp3) is 0.692. The number of carboxylic acids is 1. The second-order valence-electron chi connectivity index (χ2n) is 5.13. The van der Waals surface area contributed by atoms with Crippen LogP contribution in [0.5, 0.6) is 0 Å². The van der Waals surface area contributed by atoms with Crippen molar-refractivity contribution in [3.05, 3.63) is 11.6 Å². The number of hydrogen-bond donors (Lipinski definition) is 1. The van der Waals surface area contributed by atoms with Gasteiger partial charge in [-0.3, -0.25) is 9.59 Å². The SMILES string of the molecule is CCCC/C(C=O)=C/C1C(C(=O)O)C1(C)C. The molecule has 3 nitrogen and oxygen atoms in total. The molecule has 2 atom stereocenters. The average molecular weight is 224 g/mol.